The van der Waals surface area contributed by atoms with Crippen LogP contribution in [-0.2, 0) is 12.8 Å². The number of aryl methyl sites for hydroxylation is 2. The quantitative estimate of drug-likeness (QED) is 0.835. The van der Waals surface area contributed by atoms with Gasteiger partial charge in [0.05, 0.1) is 22.6 Å². The number of para-hydroxylation sites is 1. The summed E-state index contributed by atoms with van der Waals surface area (Å²) < 4.78 is 2.00. The summed E-state index contributed by atoms with van der Waals surface area (Å²) in [6.45, 7) is 8.11. The molecule has 3 rings (SSSR count). The van der Waals surface area contributed by atoms with Crippen LogP contribution in [0.1, 0.15) is 60.4 Å². The molecule has 1 aliphatic heterocycles. The second-order valence-corrected chi connectivity index (χ2v) is 6.57. The van der Waals surface area contributed by atoms with E-state index in [9.17, 15) is 4.79 Å². The van der Waals surface area contributed by atoms with Crippen molar-refractivity contribution in [3.05, 3.63) is 46.8 Å². The smallest absolute Gasteiger partial charge is 0.257 e. The number of likely N-dealkylation sites (tertiary alicyclic amines) is 1. The Labute approximate surface area is 144 Å². The molecular weight excluding hydrogens is 298 g/mol. The molecule has 1 saturated heterocycles. The fourth-order valence-electron chi connectivity index (χ4n) is 3.57. The number of carbonyl (C=O) groups is 1. The van der Waals surface area contributed by atoms with E-state index >= 15 is 0 Å². The lowest BCUT2D eigenvalue weighted by Gasteiger charge is -2.16. The Morgan fingerprint density at radius 3 is 2.50 bits per heavy atom. The molecule has 2 aromatic rings. The zero-order valence-corrected chi connectivity index (χ0v) is 15.0. The van der Waals surface area contributed by atoms with Crippen LogP contribution >= 0.6 is 0 Å². The molecule has 1 aromatic carbocycles. The van der Waals surface area contributed by atoms with Crippen LogP contribution in [0.15, 0.2) is 24.3 Å². The summed E-state index contributed by atoms with van der Waals surface area (Å²) in [6, 6.07) is 8.25. The maximum Gasteiger partial charge on any atom is 0.257 e. The number of benzene rings is 1. The summed E-state index contributed by atoms with van der Waals surface area (Å²) in [4.78, 5) is 15.1. The highest BCUT2D eigenvalue weighted by atomic mass is 16.2. The molecule has 0 bridgehead atoms. The van der Waals surface area contributed by atoms with Crippen LogP contribution in [0, 0.1) is 6.92 Å². The van der Waals surface area contributed by atoms with Gasteiger partial charge in [0, 0.05) is 13.1 Å². The average Bonchev–Trinajstić information content (AvgIpc) is 3.23. The van der Waals surface area contributed by atoms with Gasteiger partial charge in [0.1, 0.15) is 0 Å². The standard InChI is InChI=1S/C20H27N3O/c1-4-10-16-19(20(24)22-13-8-9-14-22)17(5-2)23(21-16)18-12-7-6-11-15(18)3/h6-7,11-12H,4-5,8-10,13-14H2,1-3H3. The third-order valence-corrected chi connectivity index (χ3v) is 4.83. The first-order chi connectivity index (χ1) is 11.7. The largest absolute Gasteiger partial charge is 0.339 e. The van der Waals surface area contributed by atoms with Crippen LogP contribution in [0.2, 0.25) is 0 Å². The van der Waals surface area contributed by atoms with Crippen LogP contribution in [0.25, 0.3) is 5.69 Å². The first-order valence-corrected chi connectivity index (χ1v) is 9.13. The van der Waals surface area contributed by atoms with Gasteiger partial charge in [-0.3, -0.25) is 4.79 Å². The van der Waals surface area contributed by atoms with Gasteiger partial charge in [-0.15, -0.1) is 0 Å². The van der Waals surface area contributed by atoms with Crippen molar-refractivity contribution in [2.24, 2.45) is 0 Å². The molecule has 1 aromatic heterocycles. The van der Waals surface area contributed by atoms with Crippen molar-refractivity contribution in [3.63, 3.8) is 0 Å². The van der Waals surface area contributed by atoms with Gasteiger partial charge < -0.3 is 4.90 Å². The predicted molar refractivity (Wildman–Crippen MR) is 96.8 cm³/mol. The molecule has 4 nitrogen and oxygen atoms in total. The molecule has 4 heteroatoms. The SMILES string of the molecule is CCCc1nn(-c2ccccc2C)c(CC)c1C(=O)N1CCCC1. The summed E-state index contributed by atoms with van der Waals surface area (Å²) in [5.41, 5.74) is 5.11. The van der Waals surface area contributed by atoms with Gasteiger partial charge >= 0.3 is 0 Å². The van der Waals surface area contributed by atoms with E-state index in [2.05, 4.69) is 32.9 Å². The van der Waals surface area contributed by atoms with Gasteiger partial charge in [0.25, 0.3) is 5.91 Å². The summed E-state index contributed by atoms with van der Waals surface area (Å²) in [5, 5.41) is 4.86. The zero-order chi connectivity index (χ0) is 17.1. The molecule has 0 spiro atoms. The molecule has 0 atom stereocenters. The Morgan fingerprint density at radius 1 is 1.17 bits per heavy atom. The van der Waals surface area contributed by atoms with Crippen LogP contribution in [0.4, 0.5) is 0 Å². The van der Waals surface area contributed by atoms with Crippen LogP contribution in [0.5, 0.6) is 0 Å². The highest BCUT2D eigenvalue weighted by molar-refractivity contribution is 5.97. The summed E-state index contributed by atoms with van der Waals surface area (Å²) in [6.07, 6.45) is 4.87. The minimum absolute atomic E-state index is 0.174. The van der Waals surface area contributed by atoms with Crippen molar-refractivity contribution in [2.45, 2.75) is 52.9 Å². The second-order valence-electron chi connectivity index (χ2n) is 6.57. The monoisotopic (exact) mass is 325 g/mol. The zero-order valence-electron chi connectivity index (χ0n) is 15.0. The maximum atomic E-state index is 13.1. The van der Waals surface area contributed by atoms with Crippen molar-refractivity contribution < 1.29 is 4.79 Å². The Hall–Kier alpha value is -2.10. The number of hydrogen-bond acceptors (Lipinski definition) is 2. The van der Waals surface area contributed by atoms with E-state index in [4.69, 9.17) is 5.10 Å². The van der Waals surface area contributed by atoms with Gasteiger partial charge in [-0.2, -0.15) is 5.10 Å². The predicted octanol–water partition coefficient (Wildman–Crippen LogP) is 3.93. The number of carbonyl (C=O) groups excluding carboxylic acids is 1. The maximum absolute atomic E-state index is 13.1. The van der Waals surface area contributed by atoms with Crippen LogP contribution in [-0.4, -0.2) is 33.7 Å². The first kappa shape index (κ1) is 16.7. The molecule has 1 aliphatic rings. The van der Waals surface area contributed by atoms with Crippen LogP contribution in [0.3, 0.4) is 0 Å². The topological polar surface area (TPSA) is 38.1 Å². The average molecular weight is 325 g/mol. The van der Waals surface area contributed by atoms with E-state index < -0.39 is 0 Å². The van der Waals surface area contributed by atoms with Gasteiger partial charge in [-0.1, -0.05) is 38.5 Å². The fraction of sp³-hybridized carbons (Fsp3) is 0.500. The highest BCUT2D eigenvalue weighted by Crippen LogP contribution is 2.25. The normalized spacial score (nSPS) is 14.4. The van der Waals surface area contributed by atoms with Crippen LogP contribution < -0.4 is 0 Å². The molecule has 128 valence electrons. The first-order valence-electron chi connectivity index (χ1n) is 9.13. The molecule has 1 fully saturated rings. The van der Waals surface area contributed by atoms with Crippen molar-refractivity contribution in [1.82, 2.24) is 14.7 Å². The molecule has 24 heavy (non-hydrogen) atoms. The molecule has 0 unspecified atom stereocenters. The lowest BCUT2D eigenvalue weighted by atomic mass is 10.1. The van der Waals surface area contributed by atoms with Gasteiger partial charge in [0.2, 0.25) is 0 Å². The fourth-order valence-corrected chi connectivity index (χ4v) is 3.57. The Morgan fingerprint density at radius 2 is 1.88 bits per heavy atom. The summed E-state index contributed by atoms with van der Waals surface area (Å²) >= 11 is 0. The number of nitrogens with zero attached hydrogens (tertiary/aromatic N) is 3. The molecule has 1 amide bonds. The number of hydrogen-bond donors (Lipinski definition) is 0. The van der Waals surface area contributed by atoms with Crippen molar-refractivity contribution in [2.75, 3.05) is 13.1 Å². The number of rotatable bonds is 5. The minimum Gasteiger partial charge on any atom is -0.339 e. The van der Waals surface area contributed by atoms with Crippen molar-refractivity contribution >= 4 is 5.91 Å². The molecular formula is C20H27N3O. The Bertz CT molecular complexity index is 726. The molecule has 0 saturated carbocycles. The Balaban J connectivity index is 2.13. The third-order valence-electron chi connectivity index (χ3n) is 4.83. The summed E-state index contributed by atoms with van der Waals surface area (Å²) in [5.74, 6) is 0.174. The van der Waals surface area contributed by atoms with Crippen molar-refractivity contribution in [3.8, 4) is 5.69 Å². The van der Waals surface area contributed by atoms with E-state index in [0.29, 0.717) is 0 Å². The molecule has 0 aliphatic carbocycles. The minimum atomic E-state index is 0.174. The number of amides is 1. The summed E-state index contributed by atoms with van der Waals surface area (Å²) in [7, 11) is 0. The van der Waals surface area contributed by atoms with Gasteiger partial charge in [-0.05, 0) is 44.2 Å². The van der Waals surface area contributed by atoms with Gasteiger partial charge in [0.15, 0.2) is 0 Å². The molecule has 2 heterocycles. The van der Waals surface area contributed by atoms with Gasteiger partial charge in [-0.25, -0.2) is 4.68 Å². The third kappa shape index (κ3) is 2.97. The highest BCUT2D eigenvalue weighted by Gasteiger charge is 2.28. The van der Waals surface area contributed by atoms with E-state index in [1.165, 1.54) is 5.56 Å². The second kappa shape index (κ2) is 7.20. The molecule has 0 radical (unpaired) electrons. The van der Waals surface area contributed by atoms with E-state index in [1.807, 2.05) is 21.7 Å². The van der Waals surface area contributed by atoms with E-state index in [1.54, 1.807) is 0 Å². The lowest BCUT2D eigenvalue weighted by Crippen LogP contribution is -2.29. The number of aromatic nitrogens is 2. The van der Waals surface area contributed by atoms with E-state index in [0.717, 1.165) is 67.8 Å². The van der Waals surface area contributed by atoms with E-state index in [-0.39, 0.29) is 5.91 Å². The Kier molecular flexibility index (Phi) is 5.03. The molecule has 0 N–H and O–H groups in total. The van der Waals surface area contributed by atoms with Crippen molar-refractivity contribution in [1.29, 1.82) is 0 Å². The lowest BCUT2D eigenvalue weighted by molar-refractivity contribution is 0.0790.